The van der Waals surface area contributed by atoms with Crippen molar-refractivity contribution in [1.29, 1.82) is 0 Å². The molecule has 1 aromatic heterocycles. The van der Waals surface area contributed by atoms with Crippen LogP contribution >= 0.6 is 0 Å². The van der Waals surface area contributed by atoms with Gasteiger partial charge in [0.1, 0.15) is 11.3 Å². The number of nitrogens with one attached hydrogen (secondary N) is 1. The highest BCUT2D eigenvalue weighted by atomic mass is 16.3. The molecule has 4 heteroatoms. The summed E-state index contributed by atoms with van der Waals surface area (Å²) in [4.78, 5) is 14.6. The molecule has 1 N–H and O–H groups in total. The van der Waals surface area contributed by atoms with Crippen molar-refractivity contribution in [3.63, 3.8) is 0 Å². The zero-order valence-electron chi connectivity index (χ0n) is 14.4. The molecule has 0 bridgehead atoms. The van der Waals surface area contributed by atoms with E-state index >= 15 is 0 Å². The number of hydrogen-bond donors (Lipinski definition) is 1. The van der Waals surface area contributed by atoms with Gasteiger partial charge in [0.15, 0.2) is 0 Å². The van der Waals surface area contributed by atoms with Crippen LogP contribution in [0.5, 0.6) is 0 Å². The van der Waals surface area contributed by atoms with E-state index in [4.69, 9.17) is 4.42 Å². The molecule has 124 valence electrons. The van der Waals surface area contributed by atoms with Gasteiger partial charge in [-0.25, -0.2) is 0 Å². The molecule has 2 rings (SSSR count). The van der Waals surface area contributed by atoms with Gasteiger partial charge in [-0.2, -0.15) is 0 Å². The Morgan fingerprint density at radius 3 is 2.65 bits per heavy atom. The number of hydrogen-bond acceptors (Lipinski definition) is 3. The van der Waals surface area contributed by atoms with E-state index in [1.54, 1.807) is 0 Å². The van der Waals surface area contributed by atoms with E-state index in [0.717, 1.165) is 35.4 Å². The highest BCUT2D eigenvalue weighted by Crippen LogP contribution is 2.23. The summed E-state index contributed by atoms with van der Waals surface area (Å²) in [5, 5.41) is 4.09. The van der Waals surface area contributed by atoms with Crippen molar-refractivity contribution in [2.75, 3.05) is 13.1 Å². The second-order valence-electron chi connectivity index (χ2n) is 6.11. The third kappa shape index (κ3) is 4.23. The molecule has 1 amide bonds. The van der Waals surface area contributed by atoms with E-state index in [-0.39, 0.29) is 18.0 Å². The lowest BCUT2D eigenvalue weighted by atomic mass is 10.2. The van der Waals surface area contributed by atoms with Gasteiger partial charge in [-0.15, -0.1) is 0 Å². The molecular weight excluding hydrogens is 288 g/mol. The maximum Gasteiger partial charge on any atom is 0.237 e. The Bertz CT molecular complexity index is 656. The molecule has 4 nitrogen and oxygen atoms in total. The Hall–Kier alpha value is -2.07. The fourth-order valence-electron chi connectivity index (χ4n) is 2.66. The summed E-state index contributed by atoms with van der Waals surface area (Å²) in [6.45, 7) is 13.4. The van der Waals surface area contributed by atoms with E-state index in [2.05, 4.69) is 23.7 Å². The molecule has 2 atom stereocenters. The number of fused-ring (bicyclic) bond motifs is 1. The van der Waals surface area contributed by atoms with Crippen LogP contribution in [-0.4, -0.2) is 29.9 Å². The molecule has 1 heterocycles. The molecule has 0 aliphatic heterocycles. The molecular formula is C19H26N2O2. The van der Waals surface area contributed by atoms with Gasteiger partial charge in [0.05, 0.1) is 12.1 Å². The molecule has 2 unspecified atom stereocenters. The number of nitrogens with zero attached hydrogens (tertiary/aromatic N) is 1. The topological polar surface area (TPSA) is 45.5 Å². The third-order valence-corrected chi connectivity index (χ3v) is 4.04. The highest BCUT2D eigenvalue weighted by molar-refractivity contribution is 5.82. The van der Waals surface area contributed by atoms with Crippen molar-refractivity contribution < 1.29 is 9.21 Å². The number of benzene rings is 1. The largest absolute Gasteiger partial charge is 0.459 e. The lowest BCUT2D eigenvalue weighted by Crippen LogP contribution is -2.46. The van der Waals surface area contributed by atoms with Crippen LogP contribution in [0.1, 0.15) is 39.5 Å². The summed E-state index contributed by atoms with van der Waals surface area (Å²) in [6.07, 6.45) is 0. The maximum atomic E-state index is 12.5. The standard InChI is InChI=1S/C19H26N2O2/c1-6-21(12-13(2)3)15(5)19(22)20-14(4)18-11-16-9-7-8-10-17(16)23-18/h7-11,14-15H,2,6,12H2,1,3-5H3,(H,20,22). The second-order valence-corrected chi connectivity index (χ2v) is 6.11. The molecule has 0 fully saturated rings. The van der Waals surface area contributed by atoms with E-state index < -0.39 is 0 Å². The monoisotopic (exact) mass is 314 g/mol. The Morgan fingerprint density at radius 2 is 2.04 bits per heavy atom. The van der Waals surface area contributed by atoms with Crippen LogP contribution in [0, 0.1) is 0 Å². The van der Waals surface area contributed by atoms with Crippen molar-refractivity contribution in [2.45, 2.75) is 39.8 Å². The molecule has 0 aliphatic rings. The van der Waals surface area contributed by atoms with Gasteiger partial charge in [-0.05, 0) is 39.4 Å². The molecule has 1 aromatic carbocycles. The quantitative estimate of drug-likeness (QED) is 0.788. The Morgan fingerprint density at radius 1 is 1.35 bits per heavy atom. The summed E-state index contributed by atoms with van der Waals surface area (Å²) in [6, 6.07) is 9.47. The van der Waals surface area contributed by atoms with Crippen LogP contribution < -0.4 is 5.32 Å². The molecule has 0 radical (unpaired) electrons. The maximum absolute atomic E-state index is 12.5. The first kappa shape index (κ1) is 17.3. The van der Waals surface area contributed by atoms with E-state index in [0.29, 0.717) is 0 Å². The summed E-state index contributed by atoms with van der Waals surface area (Å²) >= 11 is 0. The minimum absolute atomic E-state index is 0.000978. The highest BCUT2D eigenvalue weighted by Gasteiger charge is 2.22. The average Bonchev–Trinajstić information content (AvgIpc) is 2.95. The summed E-state index contributed by atoms with van der Waals surface area (Å²) in [7, 11) is 0. The number of carbonyl (C=O) groups excluding carboxylic acids is 1. The molecule has 0 spiro atoms. The van der Waals surface area contributed by atoms with Gasteiger partial charge in [0.2, 0.25) is 5.91 Å². The SMILES string of the molecule is C=C(C)CN(CC)C(C)C(=O)NC(C)c1cc2ccccc2o1. The van der Waals surface area contributed by atoms with Crippen LogP contribution in [0.3, 0.4) is 0 Å². The van der Waals surface area contributed by atoms with Crippen LogP contribution in [0.4, 0.5) is 0 Å². The average molecular weight is 314 g/mol. The van der Waals surface area contributed by atoms with Crippen molar-refractivity contribution in [2.24, 2.45) is 0 Å². The fourth-order valence-corrected chi connectivity index (χ4v) is 2.66. The molecule has 0 aliphatic carbocycles. The van der Waals surface area contributed by atoms with Crippen molar-refractivity contribution >= 4 is 16.9 Å². The van der Waals surface area contributed by atoms with Crippen LogP contribution in [0.15, 0.2) is 46.9 Å². The van der Waals surface area contributed by atoms with Crippen molar-refractivity contribution in [1.82, 2.24) is 10.2 Å². The second kappa shape index (κ2) is 7.47. The van der Waals surface area contributed by atoms with Crippen molar-refractivity contribution in [3.05, 3.63) is 48.2 Å². The molecule has 0 saturated heterocycles. The van der Waals surface area contributed by atoms with Gasteiger partial charge in [-0.3, -0.25) is 9.69 Å². The predicted octanol–water partition coefficient (Wildman–Crippen LogP) is 3.90. The molecule has 0 saturated carbocycles. The lowest BCUT2D eigenvalue weighted by molar-refractivity contribution is -0.126. The fraction of sp³-hybridized carbons (Fsp3) is 0.421. The number of furan rings is 1. The first-order chi connectivity index (χ1) is 10.9. The number of likely N-dealkylation sites (N-methyl/N-ethyl adjacent to an activating group) is 1. The van der Waals surface area contributed by atoms with Gasteiger partial charge >= 0.3 is 0 Å². The summed E-state index contributed by atoms with van der Waals surface area (Å²) < 4.78 is 5.82. The predicted molar refractivity (Wildman–Crippen MR) is 94.3 cm³/mol. The van der Waals surface area contributed by atoms with Gasteiger partial charge in [-0.1, -0.05) is 37.3 Å². The van der Waals surface area contributed by atoms with Gasteiger partial charge < -0.3 is 9.73 Å². The third-order valence-electron chi connectivity index (χ3n) is 4.04. The minimum atomic E-state index is -0.205. The Labute approximate surface area is 138 Å². The van der Waals surface area contributed by atoms with Gasteiger partial charge in [0, 0.05) is 11.9 Å². The number of carbonyl (C=O) groups is 1. The molecule has 23 heavy (non-hydrogen) atoms. The zero-order chi connectivity index (χ0) is 17.0. The Kier molecular flexibility index (Phi) is 5.61. The van der Waals surface area contributed by atoms with E-state index in [1.807, 2.05) is 51.1 Å². The Balaban J connectivity index is 2.04. The number of para-hydroxylation sites is 1. The number of amides is 1. The summed E-state index contributed by atoms with van der Waals surface area (Å²) in [5.41, 5.74) is 1.89. The van der Waals surface area contributed by atoms with Gasteiger partial charge in [0.25, 0.3) is 0 Å². The van der Waals surface area contributed by atoms with Crippen molar-refractivity contribution in [3.8, 4) is 0 Å². The zero-order valence-corrected chi connectivity index (χ0v) is 14.4. The normalized spacial score (nSPS) is 14.0. The first-order valence-corrected chi connectivity index (χ1v) is 8.09. The summed E-state index contributed by atoms with van der Waals surface area (Å²) in [5.74, 6) is 0.774. The number of rotatable bonds is 7. The van der Waals surface area contributed by atoms with E-state index in [1.165, 1.54) is 0 Å². The van der Waals surface area contributed by atoms with Crippen LogP contribution in [0.25, 0.3) is 11.0 Å². The lowest BCUT2D eigenvalue weighted by Gasteiger charge is -2.27. The first-order valence-electron chi connectivity index (χ1n) is 8.09. The minimum Gasteiger partial charge on any atom is -0.459 e. The van der Waals surface area contributed by atoms with Crippen LogP contribution in [-0.2, 0) is 4.79 Å². The van der Waals surface area contributed by atoms with Crippen LogP contribution in [0.2, 0.25) is 0 Å². The molecule has 2 aromatic rings. The smallest absolute Gasteiger partial charge is 0.237 e. The van der Waals surface area contributed by atoms with E-state index in [9.17, 15) is 4.79 Å².